The van der Waals surface area contributed by atoms with E-state index >= 15 is 0 Å². The van der Waals surface area contributed by atoms with Crippen molar-refractivity contribution >= 4 is 22.6 Å². The van der Waals surface area contributed by atoms with Gasteiger partial charge in [-0.2, -0.15) is 0 Å². The SMILES string of the molecule is COc1cccc(NC(=O)c2ccc(-c3cc(=O)c4cc(C)ccc4o3)cc2)c1. The zero-order chi connectivity index (χ0) is 20.4. The first kappa shape index (κ1) is 18.5. The number of methoxy groups -OCH3 is 1. The molecule has 29 heavy (non-hydrogen) atoms. The molecule has 0 aliphatic rings. The Morgan fingerprint density at radius 1 is 0.966 bits per heavy atom. The summed E-state index contributed by atoms with van der Waals surface area (Å²) in [4.78, 5) is 24.9. The third-order valence-electron chi connectivity index (χ3n) is 4.64. The summed E-state index contributed by atoms with van der Waals surface area (Å²) in [5.41, 5.74) is 3.32. The molecule has 1 heterocycles. The minimum atomic E-state index is -0.236. The molecule has 1 amide bonds. The molecule has 5 heteroatoms. The monoisotopic (exact) mass is 385 g/mol. The maximum atomic E-state index is 12.5. The highest BCUT2D eigenvalue weighted by molar-refractivity contribution is 6.04. The number of anilines is 1. The third kappa shape index (κ3) is 3.89. The summed E-state index contributed by atoms with van der Waals surface area (Å²) in [5.74, 6) is 0.894. The first-order chi connectivity index (χ1) is 14.0. The van der Waals surface area contributed by atoms with E-state index in [4.69, 9.17) is 9.15 Å². The van der Waals surface area contributed by atoms with Crippen molar-refractivity contribution < 1.29 is 13.9 Å². The molecule has 0 aliphatic heterocycles. The Kier molecular flexibility index (Phi) is 4.87. The van der Waals surface area contributed by atoms with E-state index in [1.165, 1.54) is 6.07 Å². The number of fused-ring (bicyclic) bond motifs is 1. The van der Waals surface area contributed by atoms with Crippen LogP contribution in [0, 0.1) is 6.92 Å². The highest BCUT2D eigenvalue weighted by atomic mass is 16.5. The largest absolute Gasteiger partial charge is 0.497 e. The molecule has 3 aromatic carbocycles. The van der Waals surface area contributed by atoms with Crippen LogP contribution in [-0.2, 0) is 0 Å². The Labute approximate surface area is 167 Å². The molecule has 0 atom stereocenters. The van der Waals surface area contributed by atoms with Gasteiger partial charge in [-0.25, -0.2) is 0 Å². The zero-order valence-electron chi connectivity index (χ0n) is 16.1. The molecule has 4 rings (SSSR count). The maximum absolute atomic E-state index is 12.5. The second-order valence-corrected chi connectivity index (χ2v) is 6.74. The van der Waals surface area contributed by atoms with Crippen LogP contribution >= 0.6 is 0 Å². The lowest BCUT2D eigenvalue weighted by Gasteiger charge is -2.08. The Bertz CT molecular complexity index is 1260. The summed E-state index contributed by atoms with van der Waals surface area (Å²) in [5, 5.41) is 3.40. The third-order valence-corrected chi connectivity index (χ3v) is 4.64. The van der Waals surface area contributed by atoms with E-state index in [1.807, 2.05) is 25.1 Å². The summed E-state index contributed by atoms with van der Waals surface area (Å²) in [6.07, 6.45) is 0. The van der Waals surface area contributed by atoms with Gasteiger partial charge in [-0.3, -0.25) is 9.59 Å². The van der Waals surface area contributed by atoms with E-state index in [-0.39, 0.29) is 11.3 Å². The minimum absolute atomic E-state index is 0.0928. The number of hydrogen-bond donors (Lipinski definition) is 1. The van der Waals surface area contributed by atoms with E-state index in [9.17, 15) is 9.59 Å². The number of amides is 1. The van der Waals surface area contributed by atoms with Crippen LogP contribution < -0.4 is 15.5 Å². The van der Waals surface area contributed by atoms with Crippen LogP contribution in [0.3, 0.4) is 0 Å². The Balaban J connectivity index is 1.59. The number of nitrogens with one attached hydrogen (secondary N) is 1. The first-order valence-corrected chi connectivity index (χ1v) is 9.14. The number of benzene rings is 3. The average Bonchev–Trinajstić information content (AvgIpc) is 2.74. The van der Waals surface area contributed by atoms with Crippen molar-refractivity contribution in [3.05, 3.63) is 94.1 Å². The van der Waals surface area contributed by atoms with Crippen molar-refractivity contribution in [2.45, 2.75) is 6.92 Å². The van der Waals surface area contributed by atoms with Crippen molar-refractivity contribution in [2.75, 3.05) is 12.4 Å². The van der Waals surface area contributed by atoms with Gasteiger partial charge in [-0.05, 0) is 43.3 Å². The van der Waals surface area contributed by atoms with E-state index in [2.05, 4.69) is 5.32 Å². The summed E-state index contributed by atoms with van der Waals surface area (Å²) in [6, 6.07) is 21.1. The molecule has 0 fully saturated rings. The summed E-state index contributed by atoms with van der Waals surface area (Å²) in [6.45, 7) is 1.93. The molecule has 0 unspecified atom stereocenters. The molecular formula is C24H19NO4. The topological polar surface area (TPSA) is 68.5 Å². The van der Waals surface area contributed by atoms with Crippen LogP contribution in [0.25, 0.3) is 22.3 Å². The fraction of sp³-hybridized carbons (Fsp3) is 0.0833. The van der Waals surface area contributed by atoms with Gasteiger partial charge in [-0.15, -0.1) is 0 Å². The van der Waals surface area contributed by atoms with Gasteiger partial charge < -0.3 is 14.5 Å². The van der Waals surface area contributed by atoms with Crippen LogP contribution in [0.2, 0.25) is 0 Å². The quantitative estimate of drug-likeness (QED) is 0.535. The second kappa shape index (κ2) is 7.64. The first-order valence-electron chi connectivity index (χ1n) is 9.14. The maximum Gasteiger partial charge on any atom is 0.255 e. The minimum Gasteiger partial charge on any atom is -0.497 e. The Hall–Kier alpha value is -3.86. The fourth-order valence-corrected chi connectivity index (χ4v) is 3.10. The molecule has 5 nitrogen and oxygen atoms in total. The van der Waals surface area contributed by atoms with Crippen LogP contribution in [0.4, 0.5) is 5.69 Å². The Morgan fingerprint density at radius 3 is 2.52 bits per heavy atom. The number of aryl methyl sites for hydroxylation is 1. The van der Waals surface area contributed by atoms with E-state index in [0.29, 0.717) is 33.7 Å². The fourth-order valence-electron chi connectivity index (χ4n) is 3.10. The van der Waals surface area contributed by atoms with E-state index in [0.717, 1.165) is 11.1 Å². The highest BCUT2D eigenvalue weighted by Gasteiger charge is 2.10. The van der Waals surface area contributed by atoms with Gasteiger partial charge in [0.2, 0.25) is 0 Å². The summed E-state index contributed by atoms with van der Waals surface area (Å²) >= 11 is 0. The van der Waals surface area contributed by atoms with Crippen LogP contribution in [0.1, 0.15) is 15.9 Å². The molecule has 144 valence electrons. The van der Waals surface area contributed by atoms with Gasteiger partial charge in [0.1, 0.15) is 17.1 Å². The van der Waals surface area contributed by atoms with Crippen LogP contribution in [-0.4, -0.2) is 13.0 Å². The standard InChI is InChI=1S/C24H19NO4/c1-15-6-11-22-20(12-15)21(26)14-23(29-22)16-7-9-17(10-8-16)24(27)25-18-4-3-5-19(13-18)28-2/h3-14H,1-2H3,(H,25,27). The number of rotatable bonds is 4. The molecule has 0 saturated carbocycles. The molecule has 0 spiro atoms. The lowest BCUT2D eigenvalue weighted by Crippen LogP contribution is -2.11. The average molecular weight is 385 g/mol. The lowest BCUT2D eigenvalue weighted by molar-refractivity contribution is 0.102. The number of carbonyl (C=O) groups excluding carboxylic acids is 1. The van der Waals surface area contributed by atoms with E-state index in [1.54, 1.807) is 55.6 Å². The normalized spacial score (nSPS) is 10.7. The smallest absolute Gasteiger partial charge is 0.255 e. The number of hydrogen-bond acceptors (Lipinski definition) is 4. The van der Waals surface area contributed by atoms with Gasteiger partial charge in [0.25, 0.3) is 5.91 Å². The van der Waals surface area contributed by atoms with Crippen molar-refractivity contribution in [1.29, 1.82) is 0 Å². The summed E-state index contributed by atoms with van der Waals surface area (Å²) in [7, 11) is 1.58. The van der Waals surface area contributed by atoms with Gasteiger partial charge >= 0.3 is 0 Å². The van der Waals surface area contributed by atoms with Crippen molar-refractivity contribution in [2.24, 2.45) is 0 Å². The molecule has 1 aromatic heterocycles. The van der Waals surface area contributed by atoms with Gasteiger partial charge in [0.05, 0.1) is 12.5 Å². The predicted molar refractivity (Wildman–Crippen MR) is 114 cm³/mol. The van der Waals surface area contributed by atoms with Crippen molar-refractivity contribution in [1.82, 2.24) is 0 Å². The second-order valence-electron chi connectivity index (χ2n) is 6.74. The zero-order valence-corrected chi connectivity index (χ0v) is 16.1. The highest BCUT2D eigenvalue weighted by Crippen LogP contribution is 2.24. The van der Waals surface area contributed by atoms with Crippen LogP contribution in [0.15, 0.2) is 82.0 Å². The molecule has 1 N–H and O–H groups in total. The summed E-state index contributed by atoms with van der Waals surface area (Å²) < 4.78 is 11.1. The molecule has 0 saturated heterocycles. The van der Waals surface area contributed by atoms with Gasteiger partial charge in [-0.1, -0.05) is 29.8 Å². The molecule has 0 aliphatic carbocycles. The Morgan fingerprint density at radius 2 is 1.76 bits per heavy atom. The molecular weight excluding hydrogens is 366 g/mol. The number of ether oxygens (including phenoxy) is 1. The van der Waals surface area contributed by atoms with Gasteiger partial charge in [0, 0.05) is 28.9 Å². The lowest BCUT2D eigenvalue weighted by atomic mass is 10.1. The molecule has 0 radical (unpaired) electrons. The van der Waals surface area contributed by atoms with E-state index < -0.39 is 0 Å². The molecule has 4 aromatic rings. The predicted octanol–water partition coefficient (Wildman–Crippen LogP) is 5.03. The molecule has 0 bridgehead atoms. The van der Waals surface area contributed by atoms with Crippen LogP contribution in [0.5, 0.6) is 5.75 Å². The van der Waals surface area contributed by atoms with Gasteiger partial charge in [0.15, 0.2) is 5.43 Å². The van der Waals surface area contributed by atoms with Crippen molar-refractivity contribution in [3.8, 4) is 17.1 Å². The number of carbonyl (C=O) groups is 1. The van der Waals surface area contributed by atoms with Crippen molar-refractivity contribution in [3.63, 3.8) is 0 Å².